The molecular weight excluding hydrogens is 389 g/mol. The number of carbonyl (C=O) groups excluding carboxylic acids is 2. The normalized spacial score (nSPS) is 15.8. The van der Waals surface area contributed by atoms with Crippen LogP contribution in [0, 0.1) is 5.82 Å². The number of nitrogens with zero attached hydrogens (tertiary/aromatic N) is 3. The number of hydrogen-bond acceptors (Lipinski definition) is 3. The van der Waals surface area contributed by atoms with E-state index in [9.17, 15) is 14.0 Å². The summed E-state index contributed by atoms with van der Waals surface area (Å²) < 4.78 is 13.7. The van der Waals surface area contributed by atoms with Gasteiger partial charge in [0.05, 0.1) is 12.1 Å². The Bertz CT molecular complexity index is 622. The molecule has 5 nitrogen and oxygen atoms in total. The lowest BCUT2D eigenvalue weighted by Gasteiger charge is -2.25. The second-order valence-electron chi connectivity index (χ2n) is 6.11. The summed E-state index contributed by atoms with van der Waals surface area (Å²) in [5.74, 6) is -0.352. The molecule has 138 valence electrons. The van der Waals surface area contributed by atoms with E-state index in [2.05, 4.69) is 20.8 Å². The molecule has 0 N–H and O–H groups in total. The van der Waals surface area contributed by atoms with Crippen LogP contribution in [-0.2, 0) is 4.79 Å². The fourth-order valence-corrected chi connectivity index (χ4v) is 3.55. The number of benzene rings is 1. The van der Waals surface area contributed by atoms with Crippen LogP contribution < -0.4 is 0 Å². The molecule has 1 saturated heterocycles. The van der Waals surface area contributed by atoms with Crippen molar-refractivity contribution in [2.45, 2.75) is 20.3 Å². The largest absolute Gasteiger partial charge is 0.342 e. The van der Waals surface area contributed by atoms with Crippen LogP contribution in [0.2, 0.25) is 0 Å². The van der Waals surface area contributed by atoms with Crippen molar-refractivity contribution in [3.8, 4) is 0 Å². The summed E-state index contributed by atoms with van der Waals surface area (Å²) in [5, 5.41) is 0. The fourth-order valence-electron chi connectivity index (χ4n) is 3.03. The van der Waals surface area contributed by atoms with Gasteiger partial charge in [0, 0.05) is 43.7 Å². The first-order chi connectivity index (χ1) is 12.0. The average Bonchev–Trinajstić information content (AvgIpc) is 2.81. The highest BCUT2D eigenvalue weighted by molar-refractivity contribution is 9.10. The van der Waals surface area contributed by atoms with Crippen LogP contribution in [0.3, 0.4) is 0 Å². The number of amides is 2. The summed E-state index contributed by atoms with van der Waals surface area (Å²) in [7, 11) is 0. The second-order valence-corrected chi connectivity index (χ2v) is 6.97. The Morgan fingerprint density at radius 3 is 2.52 bits per heavy atom. The van der Waals surface area contributed by atoms with Crippen LogP contribution in [0.5, 0.6) is 0 Å². The van der Waals surface area contributed by atoms with E-state index >= 15 is 0 Å². The van der Waals surface area contributed by atoms with Gasteiger partial charge < -0.3 is 9.80 Å². The zero-order valence-corrected chi connectivity index (χ0v) is 16.4. The van der Waals surface area contributed by atoms with Gasteiger partial charge in [-0.3, -0.25) is 14.5 Å². The molecule has 0 radical (unpaired) electrons. The van der Waals surface area contributed by atoms with Crippen molar-refractivity contribution in [2.24, 2.45) is 0 Å². The minimum atomic E-state index is -0.375. The van der Waals surface area contributed by atoms with E-state index < -0.39 is 0 Å². The zero-order chi connectivity index (χ0) is 18.4. The summed E-state index contributed by atoms with van der Waals surface area (Å²) in [4.78, 5) is 30.7. The van der Waals surface area contributed by atoms with Crippen molar-refractivity contribution in [1.82, 2.24) is 14.7 Å². The number of halogens is 2. The molecule has 2 amide bonds. The highest BCUT2D eigenvalue weighted by Crippen LogP contribution is 2.20. The van der Waals surface area contributed by atoms with Crippen LogP contribution in [0.25, 0.3) is 0 Å². The van der Waals surface area contributed by atoms with Gasteiger partial charge in [-0.05, 0) is 54.4 Å². The van der Waals surface area contributed by atoms with Crippen molar-refractivity contribution in [3.63, 3.8) is 0 Å². The van der Waals surface area contributed by atoms with Gasteiger partial charge >= 0.3 is 0 Å². The van der Waals surface area contributed by atoms with Crippen molar-refractivity contribution in [3.05, 3.63) is 34.1 Å². The van der Waals surface area contributed by atoms with Gasteiger partial charge in [0.15, 0.2) is 0 Å². The first-order valence-corrected chi connectivity index (χ1v) is 9.50. The first kappa shape index (κ1) is 19.8. The molecule has 1 aliphatic heterocycles. The lowest BCUT2D eigenvalue weighted by molar-refractivity contribution is -0.132. The smallest absolute Gasteiger partial charge is 0.255 e. The molecule has 0 spiro atoms. The maximum Gasteiger partial charge on any atom is 0.255 e. The molecule has 0 aromatic heterocycles. The Labute approximate surface area is 156 Å². The number of hydrogen-bond donors (Lipinski definition) is 0. The number of carbonyl (C=O) groups is 2. The Balaban J connectivity index is 1.96. The highest BCUT2D eigenvalue weighted by atomic mass is 79.9. The van der Waals surface area contributed by atoms with Crippen molar-refractivity contribution >= 4 is 27.7 Å². The Kier molecular flexibility index (Phi) is 7.38. The summed E-state index contributed by atoms with van der Waals surface area (Å²) >= 11 is 3.26. The monoisotopic (exact) mass is 413 g/mol. The molecule has 0 unspecified atom stereocenters. The van der Waals surface area contributed by atoms with Crippen LogP contribution in [-0.4, -0.2) is 72.3 Å². The molecule has 0 atom stereocenters. The molecule has 0 saturated carbocycles. The maximum atomic E-state index is 13.2. The zero-order valence-electron chi connectivity index (χ0n) is 14.8. The minimum Gasteiger partial charge on any atom is -0.342 e. The van der Waals surface area contributed by atoms with Gasteiger partial charge in [-0.25, -0.2) is 4.39 Å². The lowest BCUT2D eigenvalue weighted by Crippen LogP contribution is -2.42. The van der Waals surface area contributed by atoms with E-state index in [4.69, 9.17) is 0 Å². The fraction of sp³-hybridized carbons (Fsp3) is 0.556. The Hall–Kier alpha value is -1.47. The third-order valence-electron chi connectivity index (χ3n) is 4.51. The van der Waals surface area contributed by atoms with Gasteiger partial charge in [-0.15, -0.1) is 0 Å². The van der Waals surface area contributed by atoms with Gasteiger partial charge in [0.25, 0.3) is 5.91 Å². The van der Waals surface area contributed by atoms with Crippen LogP contribution in [0.4, 0.5) is 4.39 Å². The van der Waals surface area contributed by atoms with E-state index in [1.807, 2.05) is 18.7 Å². The quantitative estimate of drug-likeness (QED) is 0.744. The topological polar surface area (TPSA) is 43.9 Å². The van der Waals surface area contributed by atoms with E-state index in [-0.39, 0.29) is 17.6 Å². The molecule has 25 heavy (non-hydrogen) atoms. The van der Waals surface area contributed by atoms with Gasteiger partial charge in [0.1, 0.15) is 5.82 Å². The molecule has 1 heterocycles. The summed E-state index contributed by atoms with van der Waals surface area (Å²) in [6.07, 6.45) is 0.816. The number of likely N-dealkylation sites (N-methyl/N-ethyl adjacent to an activating group) is 1. The SMILES string of the molecule is CCN(CC)C(=O)CN1CCCN(C(=O)c2ccc(F)cc2Br)CC1. The van der Waals surface area contributed by atoms with Crippen LogP contribution in [0.15, 0.2) is 22.7 Å². The molecule has 1 aromatic rings. The lowest BCUT2D eigenvalue weighted by atomic mass is 10.2. The van der Waals surface area contributed by atoms with E-state index in [0.29, 0.717) is 49.3 Å². The van der Waals surface area contributed by atoms with Gasteiger partial charge in [-0.1, -0.05) is 0 Å². The van der Waals surface area contributed by atoms with Gasteiger partial charge in [0.2, 0.25) is 5.91 Å². The van der Waals surface area contributed by atoms with E-state index in [1.54, 1.807) is 4.90 Å². The summed E-state index contributed by atoms with van der Waals surface area (Å²) in [6, 6.07) is 4.11. The standard InChI is InChI=1S/C18H25BrFN3O2/c1-3-22(4-2)17(24)13-21-8-5-9-23(11-10-21)18(25)15-7-6-14(20)12-16(15)19/h6-7,12H,3-5,8-11,13H2,1-2H3. The van der Waals surface area contributed by atoms with E-state index in [1.165, 1.54) is 18.2 Å². The molecule has 0 bridgehead atoms. The van der Waals surface area contributed by atoms with Crippen LogP contribution >= 0.6 is 15.9 Å². The molecule has 2 rings (SSSR count). The third-order valence-corrected chi connectivity index (χ3v) is 5.17. The molecule has 7 heteroatoms. The van der Waals surface area contributed by atoms with E-state index in [0.717, 1.165) is 13.0 Å². The van der Waals surface area contributed by atoms with Crippen molar-refractivity contribution in [1.29, 1.82) is 0 Å². The summed E-state index contributed by atoms with van der Waals surface area (Å²) in [5.41, 5.74) is 0.467. The average molecular weight is 414 g/mol. The van der Waals surface area contributed by atoms with Crippen LogP contribution in [0.1, 0.15) is 30.6 Å². The second kappa shape index (κ2) is 9.29. The summed E-state index contributed by atoms with van der Waals surface area (Å²) in [6.45, 7) is 8.43. The highest BCUT2D eigenvalue weighted by Gasteiger charge is 2.23. The molecule has 0 aliphatic carbocycles. The third kappa shape index (κ3) is 5.25. The van der Waals surface area contributed by atoms with Crippen molar-refractivity contribution < 1.29 is 14.0 Å². The predicted octanol–water partition coefficient (Wildman–Crippen LogP) is 2.60. The Morgan fingerprint density at radius 1 is 1.16 bits per heavy atom. The Morgan fingerprint density at radius 2 is 1.88 bits per heavy atom. The molecule has 1 aliphatic rings. The minimum absolute atomic E-state index is 0.108. The molecule has 1 fully saturated rings. The number of rotatable bonds is 5. The molecule has 1 aromatic carbocycles. The first-order valence-electron chi connectivity index (χ1n) is 8.70. The van der Waals surface area contributed by atoms with Gasteiger partial charge in [-0.2, -0.15) is 0 Å². The van der Waals surface area contributed by atoms with Crippen molar-refractivity contribution in [2.75, 3.05) is 45.8 Å². The predicted molar refractivity (Wildman–Crippen MR) is 99.0 cm³/mol. The maximum absolute atomic E-state index is 13.2. The molecular formula is C18H25BrFN3O2.